The molecular formula is C12H19N3O3. The highest BCUT2D eigenvalue weighted by Crippen LogP contribution is 2.44. The van der Waals surface area contributed by atoms with Crippen LogP contribution in [0.1, 0.15) is 19.3 Å². The predicted octanol–water partition coefficient (Wildman–Crippen LogP) is -0.303. The number of urea groups is 1. The Kier molecular flexibility index (Phi) is 2.52. The number of rotatable bonds is 3. The van der Waals surface area contributed by atoms with Crippen LogP contribution in [0.15, 0.2) is 0 Å². The predicted molar refractivity (Wildman–Crippen MR) is 64.0 cm³/mol. The van der Waals surface area contributed by atoms with E-state index in [4.69, 9.17) is 4.74 Å². The van der Waals surface area contributed by atoms with Gasteiger partial charge in [0.2, 0.25) is 5.91 Å². The third-order valence-corrected chi connectivity index (χ3v) is 4.43. The average Bonchev–Trinajstić information content (AvgIpc) is 2.63. The quantitative estimate of drug-likeness (QED) is 0.725. The third kappa shape index (κ3) is 1.59. The standard InChI is InChI=1S/C12H19N3O3/c1-18-8-11(3-2-4-11)9(16)15-6-12(7-15)5-13-10(17)14-12/h2-8H2,1H3,(H2,13,14,17). The van der Waals surface area contributed by atoms with Crippen LogP contribution in [-0.4, -0.2) is 55.7 Å². The average molecular weight is 253 g/mol. The Bertz CT molecular complexity index is 386. The second-order valence-corrected chi connectivity index (χ2v) is 5.82. The summed E-state index contributed by atoms with van der Waals surface area (Å²) >= 11 is 0. The minimum Gasteiger partial charge on any atom is -0.384 e. The maximum atomic E-state index is 12.5. The van der Waals surface area contributed by atoms with Gasteiger partial charge in [0.25, 0.3) is 0 Å². The Morgan fingerprint density at radius 1 is 1.44 bits per heavy atom. The highest BCUT2D eigenvalue weighted by Gasteiger charge is 2.55. The number of nitrogens with one attached hydrogen (secondary N) is 2. The summed E-state index contributed by atoms with van der Waals surface area (Å²) in [7, 11) is 1.64. The number of hydrogen-bond acceptors (Lipinski definition) is 3. The summed E-state index contributed by atoms with van der Waals surface area (Å²) in [5.74, 6) is 0.197. The molecule has 6 nitrogen and oxygen atoms in total. The van der Waals surface area contributed by atoms with Gasteiger partial charge in [-0.15, -0.1) is 0 Å². The Hall–Kier alpha value is -1.30. The first-order chi connectivity index (χ1) is 8.59. The lowest BCUT2D eigenvalue weighted by Crippen LogP contribution is -2.72. The van der Waals surface area contributed by atoms with Crippen molar-refractivity contribution in [1.82, 2.24) is 15.5 Å². The van der Waals surface area contributed by atoms with Gasteiger partial charge < -0.3 is 20.3 Å². The zero-order valence-electron chi connectivity index (χ0n) is 10.6. The van der Waals surface area contributed by atoms with E-state index >= 15 is 0 Å². The van der Waals surface area contributed by atoms with Crippen molar-refractivity contribution in [2.75, 3.05) is 33.4 Å². The van der Waals surface area contributed by atoms with Gasteiger partial charge in [-0.05, 0) is 12.8 Å². The number of carbonyl (C=O) groups excluding carboxylic acids is 2. The van der Waals surface area contributed by atoms with Gasteiger partial charge in [0.1, 0.15) is 0 Å². The molecule has 18 heavy (non-hydrogen) atoms. The van der Waals surface area contributed by atoms with Gasteiger partial charge >= 0.3 is 6.03 Å². The fourth-order valence-corrected chi connectivity index (χ4v) is 3.23. The lowest BCUT2D eigenvalue weighted by atomic mass is 9.67. The summed E-state index contributed by atoms with van der Waals surface area (Å²) < 4.78 is 5.19. The van der Waals surface area contributed by atoms with Gasteiger partial charge in [-0.3, -0.25) is 4.79 Å². The van der Waals surface area contributed by atoms with E-state index in [1.54, 1.807) is 7.11 Å². The molecule has 0 bridgehead atoms. The van der Waals surface area contributed by atoms with Crippen molar-refractivity contribution in [3.8, 4) is 0 Å². The van der Waals surface area contributed by atoms with Crippen molar-refractivity contribution in [2.45, 2.75) is 24.8 Å². The van der Waals surface area contributed by atoms with Crippen LogP contribution in [0, 0.1) is 5.41 Å². The van der Waals surface area contributed by atoms with Gasteiger partial charge in [0.05, 0.1) is 17.6 Å². The highest BCUT2D eigenvalue weighted by atomic mass is 16.5. The Balaban J connectivity index is 1.61. The molecule has 1 saturated carbocycles. The van der Waals surface area contributed by atoms with E-state index in [-0.39, 0.29) is 22.9 Å². The van der Waals surface area contributed by atoms with Crippen molar-refractivity contribution < 1.29 is 14.3 Å². The van der Waals surface area contributed by atoms with Gasteiger partial charge in [-0.1, -0.05) is 6.42 Å². The minimum absolute atomic E-state index is 0.127. The van der Waals surface area contributed by atoms with Crippen LogP contribution in [0.2, 0.25) is 0 Å². The Morgan fingerprint density at radius 3 is 2.61 bits per heavy atom. The molecule has 3 amide bonds. The lowest BCUT2D eigenvalue weighted by Gasteiger charge is -2.52. The summed E-state index contributed by atoms with van der Waals surface area (Å²) in [6, 6.07) is -0.127. The molecule has 3 aliphatic rings. The van der Waals surface area contributed by atoms with Crippen molar-refractivity contribution in [3.05, 3.63) is 0 Å². The van der Waals surface area contributed by atoms with Gasteiger partial charge in [0.15, 0.2) is 0 Å². The van der Waals surface area contributed by atoms with E-state index in [9.17, 15) is 9.59 Å². The first kappa shape index (κ1) is 11.8. The lowest BCUT2D eigenvalue weighted by molar-refractivity contribution is -0.160. The summed E-state index contributed by atoms with van der Waals surface area (Å²) in [6.45, 7) is 2.37. The first-order valence-corrected chi connectivity index (χ1v) is 6.44. The third-order valence-electron chi connectivity index (χ3n) is 4.43. The molecule has 0 unspecified atom stereocenters. The molecule has 100 valence electrons. The maximum absolute atomic E-state index is 12.5. The summed E-state index contributed by atoms with van der Waals surface area (Å²) in [5, 5.41) is 5.65. The Labute approximate surface area is 106 Å². The second-order valence-electron chi connectivity index (χ2n) is 5.82. The summed E-state index contributed by atoms with van der Waals surface area (Å²) in [4.78, 5) is 25.5. The van der Waals surface area contributed by atoms with Crippen molar-refractivity contribution in [2.24, 2.45) is 5.41 Å². The van der Waals surface area contributed by atoms with Crippen LogP contribution >= 0.6 is 0 Å². The van der Waals surface area contributed by atoms with Crippen molar-refractivity contribution in [1.29, 1.82) is 0 Å². The molecule has 0 aromatic carbocycles. The first-order valence-electron chi connectivity index (χ1n) is 6.44. The van der Waals surface area contributed by atoms with E-state index in [1.807, 2.05) is 4.90 Å². The molecular weight excluding hydrogens is 234 g/mol. The van der Waals surface area contributed by atoms with Gasteiger partial charge in [-0.25, -0.2) is 4.79 Å². The second kappa shape index (κ2) is 3.85. The van der Waals surface area contributed by atoms with Crippen LogP contribution in [0.25, 0.3) is 0 Å². The van der Waals surface area contributed by atoms with Crippen molar-refractivity contribution in [3.63, 3.8) is 0 Å². The molecule has 3 rings (SSSR count). The molecule has 0 atom stereocenters. The van der Waals surface area contributed by atoms with Crippen LogP contribution in [-0.2, 0) is 9.53 Å². The smallest absolute Gasteiger partial charge is 0.315 e. The molecule has 3 fully saturated rings. The normalized spacial score (nSPS) is 27.2. The number of hydrogen-bond donors (Lipinski definition) is 2. The topological polar surface area (TPSA) is 70.7 Å². The largest absolute Gasteiger partial charge is 0.384 e. The van der Waals surface area contributed by atoms with Crippen molar-refractivity contribution >= 4 is 11.9 Å². The number of ether oxygens (including phenoxy) is 1. The molecule has 2 heterocycles. The van der Waals surface area contributed by atoms with Crippen LogP contribution in [0.3, 0.4) is 0 Å². The molecule has 0 aromatic heterocycles. The fourth-order valence-electron chi connectivity index (χ4n) is 3.23. The van der Waals surface area contributed by atoms with E-state index in [2.05, 4.69) is 10.6 Å². The fraction of sp³-hybridized carbons (Fsp3) is 0.833. The van der Waals surface area contributed by atoms with Crippen LogP contribution in [0.4, 0.5) is 4.79 Å². The molecule has 0 radical (unpaired) electrons. The molecule has 1 spiro atoms. The highest BCUT2D eigenvalue weighted by molar-refractivity contribution is 5.86. The number of carbonyl (C=O) groups is 2. The number of nitrogens with zero attached hydrogens (tertiary/aromatic N) is 1. The van der Waals surface area contributed by atoms with E-state index in [1.165, 1.54) is 0 Å². The molecule has 6 heteroatoms. The molecule has 2 saturated heterocycles. The minimum atomic E-state index is -0.285. The zero-order chi connectivity index (χ0) is 12.8. The molecule has 0 aromatic rings. The Morgan fingerprint density at radius 2 is 2.17 bits per heavy atom. The monoisotopic (exact) mass is 253 g/mol. The molecule has 2 aliphatic heterocycles. The molecule has 1 aliphatic carbocycles. The van der Waals surface area contributed by atoms with Crippen LogP contribution in [0.5, 0.6) is 0 Å². The number of likely N-dealkylation sites (tertiary alicyclic amines) is 1. The number of amides is 3. The van der Waals surface area contributed by atoms with Gasteiger partial charge in [-0.2, -0.15) is 0 Å². The number of methoxy groups -OCH3 is 1. The summed E-state index contributed by atoms with van der Waals surface area (Å²) in [6.07, 6.45) is 2.95. The van der Waals surface area contributed by atoms with Gasteiger partial charge in [0, 0.05) is 26.7 Å². The van der Waals surface area contributed by atoms with E-state index in [0.717, 1.165) is 19.3 Å². The SMILES string of the molecule is COCC1(C(=O)N2CC3(CNC(=O)N3)C2)CCC1. The van der Waals surface area contributed by atoms with E-state index in [0.29, 0.717) is 26.2 Å². The maximum Gasteiger partial charge on any atom is 0.315 e. The van der Waals surface area contributed by atoms with Crippen LogP contribution < -0.4 is 10.6 Å². The van der Waals surface area contributed by atoms with E-state index < -0.39 is 0 Å². The summed E-state index contributed by atoms with van der Waals surface area (Å²) in [5.41, 5.74) is -0.503. The zero-order valence-corrected chi connectivity index (χ0v) is 10.6. The molecule has 2 N–H and O–H groups in total.